The number of furan rings is 1. The van der Waals surface area contributed by atoms with E-state index in [-0.39, 0.29) is 16.7 Å². The number of nitrogens with zero attached hydrogens (tertiary/aromatic N) is 3. The molecule has 0 saturated heterocycles. The number of nitrogens with one attached hydrogen (secondary N) is 3. The lowest BCUT2D eigenvalue weighted by Crippen LogP contribution is -2.31. The van der Waals surface area contributed by atoms with Crippen molar-refractivity contribution < 1.29 is 23.2 Å². The van der Waals surface area contributed by atoms with Crippen LogP contribution in [0.4, 0.5) is 0 Å². The van der Waals surface area contributed by atoms with Gasteiger partial charge in [-0.3, -0.25) is 4.79 Å². The van der Waals surface area contributed by atoms with Gasteiger partial charge in [-0.05, 0) is 19.3 Å². The molecule has 0 fully saturated rings. The number of aromatic nitrogens is 6. The molecule has 0 saturated carbocycles. The van der Waals surface area contributed by atoms with Gasteiger partial charge < -0.3 is 13.6 Å². The van der Waals surface area contributed by atoms with Crippen LogP contribution in [0.2, 0.25) is 0 Å². The predicted octanol–water partition coefficient (Wildman–Crippen LogP) is -1.11. The van der Waals surface area contributed by atoms with Gasteiger partial charge in [-0.25, -0.2) is 44.1 Å². The second kappa shape index (κ2) is 5.50. The van der Waals surface area contributed by atoms with Crippen LogP contribution in [0.5, 0.6) is 0 Å². The topological polar surface area (TPSA) is 199 Å². The molecule has 0 radical (unpaired) electrons. The van der Waals surface area contributed by atoms with E-state index in [9.17, 15) is 28.8 Å². The van der Waals surface area contributed by atoms with Crippen molar-refractivity contribution in [3.63, 3.8) is 0 Å². The molecule has 0 spiro atoms. The molecule has 1 aliphatic heterocycles. The normalized spacial score (nSPS) is 17.9. The average molecular weight is 454 g/mol. The molecule has 6 heterocycles. The molecule has 4 bridgehead atoms. The Morgan fingerprint density at radius 3 is 2.48 bits per heavy atom. The van der Waals surface area contributed by atoms with Crippen molar-refractivity contribution in [2.45, 2.75) is 25.2 Å². The molecule has 1 aliphatic carbocycles. The Labute approximate surface area is 176 Å². The highest BCUT2D eigenvalue weighted by molar-refractivity contribution is 6.18. The first-order chi connectivity index (χ1) is 15.9. The fourth-order valence-corrected chi connectivity index (χ4v) is 5.12. The van der Waals surface area contributed by atoms with E-state index in [4.69, 9.17) is 13.6 Å². The van der Waals surface area contributed by atoms with E-state index in [1.807, 2.05) is 0 Å². The molecular formula is C18H10N6O9. The SMILES string of the molecule is O=C1OC(=O)C2CCCc3c2c2c1c1c(=O)oc(=O)c1c1c(=O)oc(=O)n4[nH][nH][nH]n(c34)n21. The summed E-state index contributed by atoms with van der Waals surface area (Å²) in [6.45, 7) is 0. The molecule has 1 atom stereocenters. The van der Waals surface area contributed by atoms with Crippen LogP contribution < -0.4 is 22.6 Å². The van der Waals surface area contributed by atoms with Gasteiger partial charge in [0.1, 0.15) is 10.9 Å². The number of carbonyl (C=O) groups is 2. The number of pyridine rings is 1. The van der Waals surface area contributed by atoms with Crippen LogP contribution in [0, 0.1) is 0 Å². The third kappa shape index (κ3) is 1.90. The minimum absolute atomic E-state index is 0.00264. The van der Waals surface area contributed by atoms with Gasteiger partial charge in [0, 0.05) is 11.1 Å². The summed E-state index contributed by atoms with van der Waals surface area (Å²) in [4.78, 5) is 77.1. The summed E-state index contributed by atoms with van der Waals surface area (Å²) in [5.41, 5.74) is -3.65. The van der Waals surface area contributed by atoms with Gasteiger partial charge in [0.05, 0.1) is 16.8 Å². The van der Waals surface area contributed by atoms with Crippen molar-refractivity contribution in [1.29, 1.82) is 0 Å². The number of hydrogen-bond acceptors (Lipinski definition) is 9. The van der Waals surface area contributed by atoms with Crippen molar-refractivity contribution >= 4 is 39.4 Å². The second-order valence-corrected chi connectivity index (χ2v) is 7.83. The van der Waals surface area contributed by atoms with Crippen molar-refractivity contribution in [2.24, 2.45) is 0 Å². The smallest absolute Gasteiger partial charge is 0.389 e. The molecule has 5 aromatic heterocycles. The Hall–Kier alpha value is -4.82. The van der Waals surface area contributed by atoms with Crippen LogP contribution in [0.1, 0.15) is 40.2 Å². The molecule has 0 amide bonds. The summed E-state index contributed by atoms with van der Waals surface area (Å²) < 4.78 is 17.9. The first kappa shape index (κ1) is 17.8. The van der Waals surface area contributed by atoms with Crippen molar-refractivity contribution in [3.05, 3.63) is 58.5 Å². The molecule has 33 heavy (non-hydrogen) atoms. The number of H-pyrrole nitrogens is 3. The number of fused-ring (bicyclic) bond motifs is 3. The van der Waals surface area contributed by atoms with Gasteiger partial charge in [-0.1, -0.05) is 0 Å². The fraction of sp³-hybridized carbons (Fsp3) is 0.222. The monoisotopic (exact) mass is 454 g/mol. The summed E-state index contributed by atoms with van der Waals surface area (Å²) in [5, 5.41) is 6.64. The maximum absolute atomic E-state index is 13.1. The van der Waals surface area contributed by atoms with E-state index in [1.54, 1.807) is 0 Å². The van der Waals surface area contributed by atoms with Crippen molar-refractivity contribution in [2.75, 3.05) is 0 Å². The van der Waals surface area contributed by atoms with Crippen molar-refractivity contribution in [3.8, 4) is 0 Å². The molecular weight excluding hydrogens is 444 g/mol. The number of ether oxygens (including phenoxy) is 1. The third-order valence-electron chi connectivity index (χ3n) is 6.29. The quantitative estimate of drug-likeness (QED) is 0.147. The van der Waals surface area contributed by atoms with E-state index in [1.165, 1.54) is 4.63 Å². The Bertz CT molecular complexity index is 2010. The second-order valence-electron chi connectivity index (χ2n) is 7.83. The number of carbonyl (C=O) groups excluding carboxylic acids is 2. The van der Waals surface area contributed by atoms with E-state index < -0.39 is 56.8 Å². The first-order valence-electron chi connectivity index (χ1n) is 9.80. The lowest BCUT2D eigenvalue weighted by atomic mass is 9.82. The Morgan fingerprint density at radius 2 is 1.67 bits per heavy atom. The van der Waals surface area contributed by atoms with E-state index >= 15 is 0 Å². The van der Waals surface area contributed by atoms with Crippen LogP contribution >= 0.6 is 0 Å². The van der Waals surface area contributed by atoms with Crippen molar-refractivity contribution in [1.82, 2.24) is 29.3 Å². The van der Waals surface area contributed by atoms with Crippen LogP contribution in [-0.4, -0.2) is 41.2 Å². The minimum atomic E-state index is -1.27. The molecule has 1 unspecified atom stereocenters. The first-order valence-corrected chi connectivity index (χ1v) is 9.80. The highest BCUT2D eigenvalue weighted by Gasteiger charge is 2.41. The zero-order chi connectivity index (χ0) is 22.8. The van der Waals surface area contributed by atoms with E-state index in [0.29, 0.717) is 30.4 Å². The van der Waals surface area contributed by atoms with Crippen LogP contribution in [0.3, 0.4) is 0 Å². The molecule has 166 valence electrons. The number of cyclic esters (lactones) is 2. The summed E-state index contributed by atoms with van der Waals surface area (Å²) in [7, 11) is 0. The molecule has 0 aromatic carbocycles. The summed E-state index contributed by atoms with van der Waals surface area (Å²) in [5.74, 6) is -4.06. The van der Waals surface area contributed by atoms with Gasteiger partial charge in [0.2, 0.25) is 0 Å². The summed E-state index contributed by atoms with van der Waals surface area (Å²) in [6, 6.07) is 0. The summed E-state index contributed by atoms with van der Waals surface area (Å²) >= 11 is 0. The fourth-order valence-electron chi connectivity index (χ4n) is 5.12. The number of esters is 2. The van der Waals surface area contributed by atoms with Gasteiger partial charge in [-0.2, -0.15) is 9.15 Å². The van der Waals surface area contributed by atoms with E-state index in [0.717, 1.165) is 9.03 Å². The highest BCUT2D eigenvalue weighted by Crippen LogP contribution is 2.42. The Morgan fingerprint density at radius 1 is 0.879 bits per heavy atom. The van der Waals surface area contributed by atoms with Gasteiger partial charge in [-0.15, -0.1) is 0 Å². The maximum atomic E-state index is 13.1. The summed E-state index contributed by atoms with van der Waals surface area (Å²) in [6.07, 6.45) is 1.23. The number of aromatic amines is 3. The lowest BCUT2D eigenvalue weighted by Gasteiger charge is -2.26. The zero-order valence-electron chi connectivity index (χ0n) is 16.2. The largest absolute Gasteiger partial charge is 0.444 e. The molecule has 15 heteroatoms. The standard InChI is InChI=1S/C18H10N6O9/c25-13-5-3-1-2-4-6(5)10-8(15(27)31-13)7-9(16(28)32-14(7)26)11-17(29)33-18(30)22-12(4)24(23(10)11)21-19-20-22/h5,19-21H,1-3H2. The maximum Gasteiger partial charge on any atom is 0.444 e. The molecule has 2 aliphatic rings. The zero-order valence-corrected chi connectivity index (χ0v) is 16.2. The third-order valence-corrected chi connectivity index (χ3v) is 6.29. The van der Waals surface area contributed by atoms with Gasteiger partial charge >= 0.3 is 34.6 Å². The molecule has 5 aromatic rings. The van der Waals surface area contributed by atoms with E-state index in [2.05, 4.69) is 15.6 Å². The van der Waals surface area contributed by atoms with Gasteiger partial charge in [0.25, 0.3) is 0 Å². The average Bonchev–Trinajstić information content (AvgIpc) is 3.03. The Kier molecular flexibility index (Phi) is 2.97. The molecule has 7 rings (SSSR count). The number of hydrogen-bond donors (Lipinski definition) is 3. The molecule has 3 N–H and O–H groups in total. The highest BCUT2D eigenvalue weighted by atomic mass is 16.6. The van der Waals surface area contributed by atoms with Crippen LogP contribution in [-0.2, 0) is 16.0 Å². The lowest BCUT2D eigenvalue weighted by molar-refractivity contribution is -0.139. The van der Waals surface area contributed by atoms with Crippen LogP contribution in [0.15, 0.2) is 28.0 Å². The number of aryl methyl sites for hydroxylation is 1. The Balaban J connectivity index is 2.05. The van der Waals surface area contributed by atoms with Crippen LogP contribution in [0.25, 0.3) is 27.5 Å². The van der Waals surface area contributed by atoms with Gasteiger partial charge in [0.15, 0.2) is 11.2 Å². The number of rotatable bonds is 0. The minimum Gasteiger partial charge on any atom is -0.389 e. The predicted molar refractivity (Wildman–Crippen MR) is 104 cm³/mol. The molecule has 15 nitrogen and oxygen atoms in total.